The number of nitrogens with zero attached hydrogens (tertiary/aromatic N) is 3. The van der Waals surface area contributed by atoms with Crippen LogP contribution in [0.4, 0.5) is 0 Å². The normalized spacial score (nSPS) is 33.4. The van der Waals surface area contributed by atoms with Gasteiger partial charge in [-0.25, -0.2) is 0 Å². The van der Waals surface area contributed by atoms with E-state index in [0.29, 0.717) is 44.6 Å². The predicted octanol–water partition coefficient (Wildman–Crippen LogP) is 1.30. The van der Waals surface area contributed by atoms with Crippen molar-refractivity contribution >= 4 is 17.6 Å². The van der Waals surface area contributed by atoms with E-state index in [1.165, 1.54) is 0 Å². The number of ether oxygens (including phenoxy) is 1. The summed E-state index contributed by atoms with van der Waals surface area (Å²) in [5.41, 5.74) is -0.00534. The van der Waals surface area contributed by atoms with Crippen LogP contribution in [0.2, 0.25) is 0 Å². The summed E-state index contributed by atoms with van der Waals surface area (Å²) in [6.45, 7) is 4.18. The van der Waals surface area contributed by atoms with Crippen LogP contribution in [0.25, 0.3) is 0 Å². The molecule has 5 heterocycles. The average Bonchev–Trinajstić information content (AvgIpc) is 3.41. The molecule has 7 heteroatoms. The lowest BCUT2D eigenvalue weighted by atomic mass is 9.76. The zero-order chi connectivity index (χ0) is 20.2. The Morgan fingerprint density at radius 3 is 2.79 bits per heavy atom. The number of rotatable bonds is 4. The Balaban J connectivity index is 1.28. The van der Waals surface area contributed by atoms with Crippen molar-refractivity contribution in [2.75, 3.05) is 26.2 Å². The topological polar surface area (TPSA) is 79.8 Å². The highest BCUT2D eigenvalue weighted by atomic mass is 16.5. The van der Waals surface area contributed by atoms with Crippen LogP contribution in [-0.4, -0.2) is 70.3 Å². The maximum Gasteiger partial charge on any atom is 0.230 e. The lowest BCUT2D eigenvalue weighted by Gasteiger charge is -2.35. The number of fused-ring (bicyclic) bond motifs is 1. The van der Waals surface area contributed by atoms with Gasteiger partial charge < -0.3 is 14.5 Å². The van der Waals surface area contributed by atoms with Crippen molar-refractivity contribution in [2.45, 2.75) is 31.5 Å². The molecular formula is C22H25N3O4. The van der Waals surface area contributed by atoms with Crippen LogP contribution < -0.4 is 0 Å². The quantitative estimate of drug-likeness (QED) is 0.567. The molecule has 0 aliphatic carbocycles. The van der Waals surface area contributed by atoms with Crippen LogP contribution in [0.5, 0.6) is 0 Å². The smallest absolute Gasteiger partial charge is 0.230 e. The number of hydrogen-bond donors (Lipinski definition) is 0. The van der Waals surface area contributed by atoms with Crippen molar-refractivity contribution in [1.29, 1.82) is 0 Å². The maximum absolute atomic E-state index is 13.4. The highest BCUT2D eigenvalue weighted by Crippen LogP contribution is 2.52. The molecule has 152 valence electrons. The first-order chi connectivity index (χ1) is 14.0. The standard InChI is InChI=1S/C22H25N3O4/c1-2-24-13-22-8-5-16(29-22)17(18(22)21(24)28)20(27)25-10-6-14(7-11-25)19(26)15-4-3-9-23-12-15/h3-5,8-9,12,14,16-18H,2,6-7,10-11,13H2,1H3. The van der Waals surface area contributed by atoms with Gasteiger partial charge in [-0.3, -0.25) is 19.4 Å². The molecule has 0 saturated carbocycles. The fourth-order valence-electron chi connectivity index (χ4n) is 5.44. The van der Waals surface area contributed by atoms with Gasteiger partial charge in [-0.05, 0) is 31.9 Å². The Hall–Kier alpha value is -2.54. The lowest BCUT2D eigenvalue weighted by molar-refractivity contribution is -0.144. The molecule has 0 radical (unpaired) electrons. The zero-order valence-corrected chi connectivity index (χ0v) is 16.5. The second-order valence-electron chi connectivity index (χ2n) is 8.46. The summed E-state index contributed by atoms with van der Waals surface area (Å²) in [6.07, 6.45) is 8.15. The first kappa shape index (κ1) is 18.5. The van der Waals surface area contributed by atoms with E-state index in [-0.39, 0.29) is 29.6 Å². The number of likely N-dealkylation sites (N-methyl/N-ethyl adjacent to an activating group) is 1. The molecular weight excluding hydrogens is 370 g/mol. The van der Waals surface area contributed by atoms with Crippen molar-refractivity contribution in [3.63, 3.8) is 0 Å². The molecule has 7 nitrogen and oxygen atoms in total. The summed E-state index contributed by atoms with van der Waals surface area (Å²) in [4.78, 5) is 46.6. The predicted molar refractivity (Wildman–Crippen MR) is 104 cm³/mol. The summed E-state index contributed by atoms with van der Waals surface area (Å²) >= 11 is 0. The van der Waals surface area contributed by atoms with Gasteiger partial charge in [0, 0.05) is 43.5 Å². The molecule has 0 aromatic carbocycles. The molecule has 1 aromatic rings. The molecule has 3 saturated heterocycles. The number of pyridine rings is 1. The number of carbonyl (C=O) groups is 3. The highest BCUT2D eigenvalue weighted by molar-refractivity contribution is 5.98. The minimum Gasteiger partial charge on any atom is -0.360 e. The van der Waals surface area contributed by atoms with Gasteiger partial charge in [0.05, 0.1) is 24.5 Å². The second-order valence-corrected chi connectivity index (χ2v) is 8.46. The first-order valence-corrected chi connectivity index (χ1v) is 10.4. The largest absolute Gasteiger partial charge is 0.360 e. The Morgan fingerprint density at radius 1 is 1.31 bits per heavy atom. The molecule has 3 fully saturated rings. The summed E-state index contributed by atoms with van der Waals surface area (Å²) in [7, 11) is 0. The van der Waals surface area contributed by atoms with Gasteiger partial charge in [0.2, 0.25) is 11.8 Å². The second kappa shape index (κ2) is 6.76. The van der Waals surface area contributed by atoms with E-state index in [4.69, 9.17) is 4.74 Å². The number of piperidine rings is 1. The zero-order valence-electron chi connectivity index (χ0n) is 16.5. The molecule has 4 atom stereocenters. The van der Waals surface area contributed by atoms with Gasteiger partial charge in [-0.2, -0.15) is 0 Å². The number of amides is 2. The van der Waals surface area contributed by atoms with E-state index >= 15 is 0 Å². The van der Waals surface area contributed by atoms with Crippen LogP contribution in [0.1, 0.15) is 30.1 Å². The van der Waals surface area contributed by atoms with E-state index in [0.717, 1.165) is 0 Å². The molecule has 1 aromatic heterocycles. The third-order valence-electron chi connectivity index (χ3n) is 6.97. The molecule has 4 aliphatic heterocycles. The van der Waals surface area contributed by atoms with Crippen molar-refractivity contribution in [3.05, 3.63) is 42.2 Å². The molecule has 2 bridgehead atoms. The van der Waals surface area contributed by atoms with Crippen LogP contribution in [-0.2, 0) is 14.3 Å². The summed E-state index contributed by atoms with van der Waals surface area (Å²) < 4.78 is 6.15. The van der Waals surface area contributed by atoms with Crippen molar-refractivity contribution in [2.24, 2.45) is 17.8 Å². The van der Waals surface area contributed by atoms with Gasteiger partial charge >= 0.3 is 0 Å². The monoisotopic (exact) mass is 395 g/mol. The van der Waals surface area contributed by atoms with E-state index in [1.807, 2.05) is 24.0 Å². The SMILES string of the molecule is CCN1CC23C=CC(O2)C(C(=O)N2CCC(C(=O)c4cccnc4)CC2)C3C1=O. The Bertz CT molecular complexity index is 877. The van der Waals surface area contributed by atoms with E-state index < -0.39 is 17.4 Å². The Morgan fingerprint density at radius 2 is 2.10 bits per heavy atom. The van der Waals surface area contributed by atoms with E-state index in [1.54, 1.807) is 29.4 Å². The fraction of sp³-hybridized carbons (Fsp3) is 0.545. The maximum atomic E-state index is 13.4. The van der Waals surface area contributed by atoms with Crippen LogP contribution >= 0.6 is 0 Å². The van der Waals surface area contributed by atoms with Gasteiger partial charge in [-0.15, -0.1) is 0 Å². The van der Waals surface area contributed by atoms with Crippen LogP contribution in [0, 0.1) is 17.8 Å². The number of hydrogen-bond acceptors (Lipinski definition) is 5. The number of aromatic nitrogens is 1. The van der Waals surface area contributed by atoms with Crippen LogP contribution in [0.15, 0.2) is 36.7 Å². The third kappa shape index (κ3) is 2.74. The first-order valence-electron chi connectivity index (χ1n) is 10.4. The minimum atomic E-state index is -0.632. The van der Waals surface area contributed by atoms with E-state index in [9.17, 15) is 14.4 Å². The molecule has 4 aliphatic rings. The minimum absolute atomic E-state index is 0.00944. The van der Waals surface area contributed by atoms with Crippen molar-refractivity contribution < 1.29 is 19.1 Å². The lowest BCUT2D eigenvalue weighted by Crippen LogP contribution is -2.49. The Kier molecular flexibility index (Phi) is 4.31. The van der Waals surface area contributed by atoms with Crippen molar-refractivity contribution in [1.82, 2.24) is 14.8 Å². The van der Waals surface area contributed by atoms with E-state index in [2.05, 4.69) is 4.98 Å². The molecule has 4 unspecified atom stereocenters. The Labute approximate surface area is 169 Å². The summed E-state index contributed by atoms with van der Waals surface area (Å²) in [5, 5.41) is 0. The molecule has 29 heavy (non-hydrogen) atoms. The number of likely N-dealkylation sites (tertiary alicyclic amines) is 2. The molecule has 5 rings (SSSR count). The van der Waals surface area contributed by atoms with Crippen LogP contribution in [0.3, 0.4) is 0 Å². The summed E-state index contributed by atoms with van der Waals surface area (Å²) in [5.74, 6) is -0.840. The third-order valence-corrected chi connectivity index (χ3v) is 6.97. The number of carbonyl (C=O) groups excluding carboxylic acids is 3. The number of Topliss-reactive ketones (excluding diaryl/α,β-unsaturated/α-hetero) is 1. The van der Waals surface area contributed by atoms with Gasteiger partial charge in [0.15, 0.2) is 5.78 Å². The van der Waals surface area contributed by atoms with Crippen molar-refractivity contribution in [3.8, 4) is 0 Å². The summed E-state index contributed by atoms with van der Waals surface area (Å²) in [6, 6.07) is 3.55. The number of ketones is 1. The fourth-order valence-corrected chi connectivity index (χ4v) is 5.44. The van der Waals surface area contributed by atoms with Gasteiger partial charge in [-0.1, -0.05) is 12.2 Å². The molecule has 1 spiro atoms. The molecule has 2 amide bonds. The van der Waals surface area contributed by atoms with Gasteiger partial charge in [0.1, 0.15) is 5.60 Å². The average molecular weight is 395 g/mol. The highest BCUT2D eigenvalue weighted by Gasteiger charge is 2.67. The molecule has 0 N–H and O–H groups in total. The van der Waals surface area contributed by atoms with Gasteiger partial charge in [0.25, 0.3) is 0 Å².